The molecule has 0 aliphatic heterocycles. The van der Waals surface area contributed by atoms with Crippen LogP contribution in [-0.2, 0) is 0 Å². The van der Waals surface area contributed by atoms with Crippen LogP contribution in [0.1, 0.15) is 13.8 Å². The number of nitrogen functional groups attached to an aromatic ring is 1. The summed E-state index contributed by atoms with van der Waals surface area (Å²) in [6, 6.07) is 5.60. The third kappa shape index (κ3) is 4.57. The van der Waals surface area contributed by atoms with E-state index in [4.69, 9.17) is 10.5 Å². The Bertz CT molecular complexity index is 377. The third-order valence-corrected chi connectivity index (χ3v) is 2.07. The van der Waals surface area contributed by atoms with E-state index >= 15 is 0 Å². The number of anilines is 2. The second-order valence-corrected chi connectivity index (χ2v) is 4.95. The monoisotopic (exact) mass is 284 g/mol. The molecule has 1 rings (SSSR count). The molecule has 3 nitrogen and oxygen atoms in total. The van der Waals surface area contributed by atoms with Crippen molar-refractivity contribution in [2.75, 3.05) is 17.6 Å². The smallest absolute Gasteiger partial charge is 0.123 e. The van der Waals surface area contributed by atoms with E-state index in [-0.39, 0.29) is 6.10 Å². The summed E-state index contributed by atoms with van der Waals surface area (Å²) >= 11 is 3.29. The van der Waals surface area contributed by atoms with Crippen molar-refractivity contribution in [3.63, 3.8) is 0 Å². The van der Waals surface area contributed by atoms with E-state index in [1.165, 1.54) is 0 Å². The number of nitrogens with two attached hydrogens (primary N) is 1. The zero-order valence-corrected chi connectivity index (χ0v) is 11.2. The SMILES string of the molecule is C=C(Br)CNc1cc(N)cc(OC(C)C)c1. The molecule has 0 bridgehead atoms. The van der Waals surface area contributed by atoms with Crippen molar-refractivity contribution in [1.29, 1.82) is 0 Å². The van der Waals surface area contributed by atoms with Gasteiger partial charge in [-0.05, 0) is 19.9 Å². The van der Waals surface area contributed by atoms with Gasteiger partial charge < -0.3 is 15.8 Å². The van der Waals surface area contributed by atoms with Crippen LogP contribution in [0.25, 0.3) is 0 Å². The maximum absolute atomic E-state index is 5.79. The molecular weight excluding hydrogens is 268 g/mol. The first-order valence-corrected chi connectivity index (χ1v) is 5.91. The molecule has 0 unspecified atom stereocenters. The van der Waals surface area contributed by atoms with Crippen LogP contribution in [0.5, 0.6) is 5.75 Å². The number of hydrogen-bond donors (Lipinski definition) is 2. The Morgan fingerprint density at radius 2 is 2.19 bits per heavy atom. The Hall–Kier alpha value is -1.16. The van der Waals surface area contributed by atoms with Crippen molar-refractivity contribution in [3.05, 3.63) is 29.3 Å². The van der Waals surface area contributed by atoms with Gasteiger partial charge in [0, 0.05) is 34.5 Å². The highest BCUT2D eigenvalue weighted by Crippen LogP contribution is 2.23. The molecule has 0 saturated carbocycles. The predicted octanol–water partition coefficient (Wildman–Crippen LogP) is 3.38. The molecule has 0 aliphatic rings. The topological polar surface area (TPSA) is 47.3 Å². The minimum Gasteiger partial charge on any atom is -0.491 e. The molecule has 88 valence electrons. The highest BCUT2D eigenvalue weighted by Gasteiger charge is 2.02. The normalized spacial score (nSPS) is 10.2. The maximum atomic E-state index is 5.79. The van der Waals surface area contributed by atoms with Crippen LogP contribution in [0, 0.1) is 0 Å². The molecule has 0 aromatic heterocycles. The summed E-state index contributed by atoms with van der Waals surface area (Å²) in [5.41, 5.74) is 7.40. The third-order valence-electron chi connectivity index (χ3n) is 1.78. The zero-order valence-electron chi connectivity index (χ0n) is 9.59. The second-order valence-electron chi connectivity index (χ2n) is 3.83. The fraction of sp³-hybridized carbons (Fsp3) is 0.333. The lowest BCUT2D eigenvalue weighted by atomic mass is 10.2. The quantitative estimate of drug-likeness (QED) is 0.815. The van der Waals surface area contributed by atoms with Crippen molar-refractivity contribution < 1.29 is 4.74 Å². The first kappa shape index (κ1) is 12.9. The molecule has 0 spiro atoms. The molecule has 0 radical (unpaired) electrons. The molecule has 0 fully saturated rings. The van der Waals surface area contributed by atoms with Crippen molar-refractivity contribution in [2.24, 2.45) is 0 Å². The van der Waals surface area contributed by atoms with Gasteiger partial charge in [-0.2, -0.15) is 0 Å². The van der Waals surface area contributed by atoms with Crippen molar-refractivity contribution in [1.82, 2.24) is 0 Å². The minimum atomic E-state index is 0.140. The molecule has 0 saturated heterocycles. The highest BCUT2D eigenvalue weighted by atomic mass is 79.9. The van der Waals surface area contributed by atoms with Gasteiger partial charge >= 0.3 is 0 Å². The van der Waals surface area contributed by atoms with Gasteiger partial charge in [0.15, 0.2) is 0 Å². The van der Waals surface area contributed by atoms with E-state index in [9.17, 15) is 0 Å². The number of hydrogen-bond acceptors (Lipinski definition) is 3. The van der Waals surface area contributed by atoms with Crippen LogP contribution in [0.15, 0.2) is 29.3 Å². The Balaban J connectivity index is 2.77. The zero-order chi connectivity index (χ0) is 12.1. The first-order valence-electron chi connectivity index (χ1n) is 5.11. The number of halogens is 1. The summed E-state index contributed by atoms with van der Waals surface area (Å²) in [4.78, 5) is 0. The Morgan fingerprint density at radius 1 is 1.50 bits per heavy atom. The van der Waals surface area contributed by atoms with E-state index < -0.39 is 0 Å². The molecule has 3 N–H and O–H groups in total. The molecule has 1 aromatic rings. The lowest BCUT2D eigenvalue weighted by Gasteiger charge is -2.13. The van der Waals surface area contributed by atoms with E-state index in [2.05, 4.69) is 27.8 Å². The lowest BCUT2D eigenvalue weighted by molar-refractivity contribution is 0.242. The molecule has 4 heteroatoms. The predicted molar refractivity (Wildman–Crippen MR) is 73.2 cm³/mol. The molecule has 16 heavy (non-hydrogen) atoms. The standard InChI is InChI=1S/C12H17BrN2O/c1-8(2)16-12-5-10(14)4-11(6-12)15-7-9(3)13/h4-6,8,15H,3,7,14H2,1-2H3. The summed E-state index contributed by atoms with van der Waals surface area (Å²) in [5, 5.41) is 3.19. The van der Waals surface area contributed by atoms with Gasteiger partial charge in [0.25, 0.3) is 0 Å². The first-order chi connectivity index (χ1) is 7.47. The van der Waals surface area contributed by atoms with Crippen LogP contribution >= 0.6 is 15.9 Å². The van der Waals surface area contributed by atoms with Crippen LogP contribution in [0.4, 0.5) is 11.4 Å². The largest absolute Gasteiger partial charge is 0.491 e. The van der Waals surface area contributed by atoms with Gasteiger partial charge in [0.2, 0.25) is 0 Å². The second kappa shape index (κ2) is 5.80. The van der Waals surface area contributed by atoms with Crippen LogP contribution < -0.4 is 15.8 Å². The van der Waals surface area contributed by atoms with E-state index in [1.54, 1.807) is 0 Å². The fourth-order valence-electron chi connectivity index (χ4n) is 1.26. The maximum Gasteiger partial charge on any atom is 0.123 e. The van der Waals surface area contributed by atoms with Crippen molar-refractivity contribution in [3.8, 4) is 5.75 Å². The lowest BCUT2D eigenvalue weighted by Crippen LogP contribution is -2.07. The van der Waals surface area contributed by atoms with E-state index in [1.807, 2.05) is 32.0 Å². The summed E-state index contributed by atoms with van der Waals surface area (Å²) < 4.78 is 6.48. The minimum absolute atomic E-state index is 0.140. The van der Waals surface area contributed by atoms with Gasteiger partial charge in [0.05, 0.1) is 6.10 Å². The number of nitrogens with one attached hydrogen (secondary N) is 1. The average Bonchev–Trinajstić information content (AvgIpc) is 2.12. The van der Waals surface area contributed by atoms with Gasteiger partial charge in [-0.25, -0.2) is 0 Å². The Morgan fingerprint density at radius 3 is 2.75 bits per heavy atom. The summed E-state index contributed by atoms with van der Waals surface area (Å²) in [7, 11) is 0. The number of rotatable bonds is 5. The van der Waals surface area contributed by atoms with Crippen LogP contribution in [0.2, 0.25) is 0 Å². The van der Waals surface area contributed by atoms with Gasteiger partial charge in [-0.3, -0.25) is 0 Å². The molecule has 0 heterocycles. The molecule has 0 atom stereocenters. The summed E-state index contributed by atoms with van der Waals surface area (Å²) in [6.45, 7) is 8.38. The van der Waals surface area contributed by atoms with Gasteiger partial charge in [0.1, 0.15) is 5.75 Å². The van der Waals surface area contributed by atoms with Crippen molar-refractivity contribution in [2.45, 2.75) is 20.0 Å². The van der Waals surface area contributed by atoms with Crippen molar-refractivity contribution >= 4 is 27.3 Å². The Kier molecular flexibility index (Phi) is 4.68. The van der Waals surface area contributed by atoms with Gasteiger partial charge in [-0.15, -0.1) is 0 Å². The summed E-state index contributed by atoms with van der Waals surface area (Å²) in [6.07, 6.45) is 0.140. The summed E-state index contributed by atoms with van der Waals surface area (Å²) in [5.74, 6) is 0.776. The van der Waals surface area contributed by atoms with Crippen LogP contribution in [0.3, 0.4) is 0 Å². The molecule has 0 aliphatic carbocycles. The Labute approximate surface area is 105 Å². The van der Waals surface area contributed by atoms with Gasteiger partial charge in [-0.1, -0.05) is 22.5 Å². The molecule has 0 amide bonds. The molecular formula is C12H17BrN2O. The van der Waals surface area contributed by atoms with E-state index in [0.29, 0.717) is 12.2 Å². The highest BCUT2D eigenvalue weighted by molar-refractivity contribution is 9.11. The number of benzene rings is 1. The van der Waals surface area contributed by atoms with E-state index in [0.717, 1.165) is 15.9 Å². The number of ether oxygens (including phenoxy) is 1. The van der Waals surface area contributed by atoms with Crippen LogP contribution in [-0.4, -0.2) is 12.6 Å². The average molecular weight is 285 g/mol. The molecule has 1 aromatic carbocycles. The fourth-order valence-corrected chi connectivity index (χ4v) is 1.40.